The lowest BCUT2D eigenvalue weighted by Gasteiger charge is -2.38. The first-order valence-electron chi connectivity index (χ1n) is 12.9. The highest BCUT2D eigenvalue weighted by atomic mass is 15.4. The zero-order chi connectivity index (χ0) is 21.5. The van der Waals surface area contributed by atoms with E-state index in [1.54, 1.807) is 0 Å². The molecule has 1 atom stereocenters. The van der Waals surface area contributed by atoms with Crippen molar-refractivity contribution < 1.29 is 0 Å². The van der Waals surface area contributed by atoms with Crippen LogP contribution in [-0.2, 0) is 0 Å². The molecule has 0 saturated heterocycles. The Morgan fingerprint density at radius 1 is 0.700 bits per heavy atom. The minimum absolute atomic E-state index is 0.403. The van der Waals surface area contributed by atoms with Gasteiger partial charge < -0.3 is 9.80 Å². The van der Waals surface area contributed by atoms with Crippen LogP contribution < -0.4 is 4.90 Å². The highest BCUT2D eigenvalue weighted by Crippen LogP contribution is 2.39. The summed E-state index contributed by atoms with van der Waals surface area (Å²) in [5, 5.41) is 0. The van der Waals surface area contributed by atoms with E-state index < -0.39 is 0 Å². The third kappa shape index (κ3) is 5.62. The Morgan fingerprint density at radius 2 is 1.17 bits per heavy atom. The zero-order valence-corrected chi connectivity index (χ0v) is 20.4. The van der Waals surface area contributed by atoms with Crippen LogP contribution in [0.15, 0.2) is 30.6 Å². The van der Waals surface area contributed by atoms with Crippen LogP contribution in [0.5, 0.6) is 0 Å². The number of hydrogen-bond acceptors (Lipinski definition) is 2. The first-order chi connectivity index (χ1) is 14.5. The van der Waals surface area contributed by atoms with Gasteiger partial charge in [0.1, 0.15) is 6.17 Å². The van der Waals surface area contributed by atoms with Crippen molar-refractivity contribution in [2.24, 2.45) is 0 Å². The molecule has 0 amide bonds. The van der Waals surface area contributed by atoms with E-state index >= 15 is 0 Å². The van der Waals surface area contributed by atoms with Crippen LogP contribution in [0.4, 0.5) is 5.69 Å². The summed E-state index contributed by atoms with van der Waals surface area (Å²) in [6, 6.07) is 7.62. The van der Waals surface area contributed by atoms with Crippen LogP contribution in [0.25, 0.3) is 0 Å². The molecular formula is C28H46N2. The van der Waals surface area contributed by atoms with E-state index in [1.165, 1.54) is 87.4 Å². The molecule has 0 spiro atoms. The van der Waals surface area contributed by atoms with E-state index in [0.717, 1.165) is 0 Å². The standard InChI is InChI=1S/C28H46N2/c1-22(2)26-18-15-19-27(23(3)4)28(26)30-21-20-29(24(30)5)25-16-13-11-9-7-6-8-10-12-14-17-25/h15,18-25H,6-14,16-17H2,1-5H3. The van der Waals surface area contributed by atoms with E-state index in [2.05, 4.69) is 75.0 Å². The molecule has 3 rings (SSSR count). The molecule has 1 aromatic carbocycles. The molecular weight excluding hydrogens is 364 g/mol. The maximum Gasteiger partial charge on any atom is 0.103 e. The van der Waals surface area contributed by atoms with Crippen molar-refractivity contribution in [3.63, 3.8) is 0 Å². The SMILES string of the molecule is CC(C)c1cccc(C(C)C)c1N1C=CN(C2CCCCCCCCCCC2)C1C. The Hall–Kier alpha value is -1.44. The predicted octanol–water partition coefficient (Wildman–Crippen LogP) is 8.55. The molecule has 2 nitrogen and oxygen atoms in total. The quantitative estimate of drug-likeness (QED) is 0.490. The summed E-state index contributed by atoms with van der Waals surface area (Å²) in [7, 11) is 0. The van der Waals surface area contributed by atoms with Gasteiger partial charge in [0.2, 0.25) is 0 Å². The van der Waals surface area contributed by atoms with Crippen molar-refractivity contribution in [2.75, 3.05) is 4.90 Å². The summed E-state index contributed by atoms with van der Waals surface area (Å²) in [4.78, 5) is 5.26. The largest absolute Gasteiger partial charge is 0.353 e. The van der Waals surface area contributed by atoms with Gasteiger partial charge in [-0.2, -0.15) is 0 Å². The molecule has 0 aromatic heterocycles. The smallest absolute Gasteiger partial charge is 0.103 e. The number of nitrogens with zero attached hydrogens (tertiary/aromatic N) is 2. The van der Waals surface area contributed by atoms with Gasteiger partial charge in [-0.05, 0) is 42.7 Å². The van der Waals surface area contributed by atoms with Gasteiger partial charge >= 0.3 is 0 Å². The van der Waals surface area contributed by atoms with Gasteiger partial charge in [0.15, 0.2) is 0 Å². The number of hydrogen-bond donors (Lipinski definition) is 0. The molecule has 2 aliphatic rings. The summed E-state index contributed by atoms with van der Waals surface area (Å²) >= 11 is 0. The molecule has 1 aliphatic heterocycles. The molecule has 0 N–H and O–H groups in total. The molecule has 1 unspecified atom stereocenters. The number of rotatable bonds is 4. The van der Waals surface area contributed by atoms with Crippen molar-refractivity contribution in [1.82, 2.24) is 4.90 Å². The van der Waals surface area contributed by atoms with Gasteiger partial charge in [0, 0.05) is 24.1 Å². The summed E-state index contributed by atoms with van der Waals surface area (Å²) in [6.45, 7) is 11.7. The molecule has 2 heteroatoms. The van der Waals surface area contributed by atoms with Crippen molar-refractivity contribution in [3.8, 4) is 0 Å². The van der Waals surface area contributed by atoms with Crippen LogP contribution in [0.1, 0.15) is 128 Å². The summed E-state index contributed by atoms with van der Waals surface area (Å²) in [6.07, 6.45) is 20.7. The van der Waals surface area contributed by atoms with E-state index in [9.17, 15) is 0 Å². The first-order valence-corrected chi connectivity index (χ1v) is 12.9. The van der Waals surface area contributed by atoms with E-state index in [4.69, 9.17) is 0 Å². The number of benzene rings is 1. The Morgan fingerprint density at radius 3 is 1.63 bits per heavy atom. The summed E-state index contributed by atoms with van der Waals surface area (Å²) in [5.41, 5.74) is 4.43. The third-order valence-electron chi connectivity index (χ3n) is 7.33. The summed E-state index contributed by atoms with van der Waals surface area (Å²) < 4.78 is 0. The fourth-order valence-electron chi connectivity index (χ4n) is 5.48. The predicted molar refractivity (Wildman–Crippen MR) is 132 cm³/mol. The molecule has 1 fully saturated rings. The number of anilines is 1. The van der Waals surface area contributed by atoms with E-state index in [-0.39, 0.29) is 0 Å². The molecule has 1 saturated carbocycles. The van der Waals surface area contributed by atoms with Crippen LogP contribution >= 0.6 is 0 Å². The molecule has 1 aliphatic carbocycles. The van der Waals surface area contributed by atoms with Crippen LogP contribution in [-0.4, -0.2) is 17.1 Å². The average Bonchev–Trinajstić information content (AvgIpc) is 3.08. The van der Waals surface area contributed by atoms with Gasteiger partial charge in [0.25, 0.3) is 0 Å². The minimum Gasteiger partial charge on any atom is -0.353 e. The van der Waals surface area contributed by atoms with E-state index in [1.807, 2.05) is 0 Å². The Bertz CT molecular complexity index is 637. The van der Waals surface area contributed by atoms with Gasteiger partial charge in [-0.3, -0.25) is 0 Å². The molecule has 30 heavy (non-hydrogen) atoms. The highest BCUT2D eigenvalue weighted by molar-refractivity contribution is 5.65. The lowest BCUT2D eigenvalue weighted by Crippen LogP contribution is -2.42. The lowest BCUT2D eigenvalue weighted by molar-refractivity contribution is 0.203. The molecule has 1 aromatic rings. The fourth-order valence-corrected chi connectivity index (χ4v) is 5.48. The topological polar surface area (TPSA) is 6.48 Å². The van der Waals surface area contributed by atoms with Crippen LogP contribution in [0.3, 0.4) is 0 Å². The lowest BCUT2D eigenvalue weighted by atomic mass is 9.92. The average molecular weight is 411 g/mol. The maximum absolute atomic E-state index is 2.69. The van der Waals surface area contributed by atoms with Gasteiger partial charge in [0.05, 0.1) is 0 Å². The van der Waals surface area contributed by atoms with Crippen molar-refractivity contribution in [2.45, 2.75) is 129 Å². The molecule has 0 radical (unpaired) electrons. The van der Waals surface area contributed by atoms with Gasteiger partial charge in [-0.25, -0.2) is 0 Å². The van der Waals surface area contributed by atoms with E-state index in [0.29, 0.717) is 24.0 Å². The second-order valence-electron chi connectivity index (χ2n) is 10.3. The first kappa shape index (κ1) is 23.2. The normalized spacial score (nSPS) is 22.6. The zero-order valence-electron chi connectivity index (χ0n) is 20.4. The molecule has 0 bridgehead atoms. The Labute approximate surface area is 186 Å². The second kappa shape index (κ2) is 11.3. The Balaban J connectivity index is 1.79. The van der Waals surface area contributed by atoms with Crippen molar-refractivity contribution in [1.29, 1.82) is 0 Å². The second-order valence-corrected chi connectivity index (χ2v) is 10.3. The minimum atomic E-state index is 0.403. The monoisotopic (exact) mass is 410 g/mol. The molecule has 168 valence electrons. The maximum atomic E-state index is 2.69. The Kier molecular flexibility index (Phi) is 8.72. The number of para-hydroxylation sites is 1. The summed E-state index contributed by atoms with van der Waals surface area (Å²) in [5.74, 6) is 1.07. The third-order valence-corrected chi connectivity index (χ3v) is 7.33. The fraction of sp³-hybridized carbons (Fsp3) is 0.714. The van der Waals surface area contributed by atoms with Gasteiger partial charge in [-0.1, -0.05) is 104 Å². The van der Waals surface area contributed by atoms with Crippen molar-refractivity contribution >= 4 is 5.69 Å². The molecule has 1 heterocycles. The van der Waals surface area contributed by atoms with Gasteiger partial charge in [-0.15, -0.1) is 0 Å². The van der Waals surface area contributed by atoms with Crippen molar-refractivity contribution in [3.05, 3.63) is 41.7 Å². The van der Waals surface area contributed by atoms with Crippen LogP contribution in [0, 0.1) is 0 Å². The highest BCUT2D eigenvalue weighted by Gasteiger charge is 2.31. The van der Waals surface area contributed by atoms with Crippen LogP contribution in [0.2, 0.25) is 0 Å².